The quantitative estimate of drug-likeness (QED) is 0.919. The Morgan fingerprint density at radius 3 is 2.95 bits per heavy atom. The van der Waals surface area contributed by atoms with Crippen LogP contribution in [0.2, 0.25) is 0 Å². The average molecular weight is 322 g/mol. The smallest absolute Gasteiger partial charge is 0.185 e. The van der Waals surface area contributed by atoms with Crippen LogP contribution in [0.4, 0.5) is 9.52 Å². The SMILES string of the molecule is OCCOC1CCCN(c2nc(-c3ccc(F)cc3)cs2)C1. The molecular weight excluding hydrogens is 303 g/mol. The van der Waals surface area contributed by atoms with Crippen molar-refractivity contribution in [2.45, 2.75) is 18.9 Å². The average Bonchev–Trinajstić information content (AvgIpc) is 3.04. The lowest BCUT2D eigenvalue weighted by molar-refractivity contribution is 0.0214. The third-order valence-corrected chi connectivity index (χ3v) is 4.63. The summed E-state index contributed by atoms with van der Waals surface area (Å²) >= 11 is 1.60. The number of aromatic nitrogens is 1. The molecule has 22 heavy (non-hydrogen) atoms. The zero-order valence-electron chi connectivity index (χ0n) is 12.2. The minimum atomic E-state index is -0.237. The van der Waals surface area contributed by atoms with E-state index >= 15 is 0 Å². The Balaban J connectivity index is 1.69. The van der Waals surface area contributed by atoms with Crippen LogP contribution in [0.5, 0.6) is 0 Å². The van der Waals surface area contributed by atoms with Crippen molar-refractivity contribution < 1.29 is 14.2 Å². The summed E-state index contributed by atoms with van der Waals surface area (Å²) in [4.78, 5) is 6.89. The number of nitrogens with zero attached hydrogens (tertiary/aromatic N) is 2. The molecule has 0 bridgehead atoms. The molecule has 0 aliphatic carbocycles. The van der Waals surface area contributed by atoms with E-state index < -0.39 is 0 Å². The molecule has 118 valence electrons. The van der Waals surface area contributed by atoms with Gasteiger partial charge in [-0.2, -0.15) is 0 Å². The molecule has 1 N–H and O–H groups in total. The first-order chi connectivity index (χ1) is 10.8. The molecule has 1 aliphatic heterocycles. The summed E-state index contributed by atoms with van der Waals surface area (Å²) in [6, 6.07) is 6.40. The monoisotopic (exact) mass is 322 g/mol. The van der Waals surface area contributed by atoms with Gasteiger partial charge < -0.3 is 14.7 Å². The number of aliphatic hydroxyl groups is 1. The summed E-state index contributed by atoms with van der Waals surface area (Å²) in [6.07, 6.45) is 2.23. The lowest BCUT2D eigenvalue weighted by Crippen LogP contribution is -2.40. The number of piperidine rings is 1. The van der Waals surface area contributed by atoms with Gasteiger partial charge in [0.25, 0.3) is 0 Å². The predicted octanol–water partition coefficient (Wildman–Crippen LogP) is 2.93. The van der Waals surface area contributed by atoms with Crippen LogP contribution in [-0.2, 0) is 4.74 Å². The molecule has 1 unspecified atom stereocenters. The normalized spacial score (nSPS) is 18.6. The third kappa shape index (κ3) is 3.63. The van der Waals surface area contributed by atoms with Crippen molar-refractivity contribution in [2.75, 3.05) is 31.2 Å². The van der Waals surface area contributed by atoms with Gasteiger partial charge >= 0.3 is 0 Å². The maximum absolute atomic E-state index is 13.0. The molecule has 0 spiro atoms. The largest absolute Gasteiger partial charge is 0.394 e. The van der Waals surface area contributed by atoms with Gasteiger partial charge in [0.15, 0.2) is 5.13 Å². The van der Waals surface area contributed by atoms with E-state index in [9.17, 15) is 4.39 Å². The van der Waals surface area contributed by atoms with Crippen LogP contribution in [0, 0.1) is 5.82 Å². The molecular formula is C16H19FN2O2S. The zero-order valence-corrected chi connectivity index (χ0v) is 13.1. The van der Waals surface area contributed by atoms with E-state index in [1.807, 2.05) is 5.38 Å². The van der Waals surface area contributed by atoms with Gasteiger partial charge in [0.05, 0.1) is 25.0 Å². The Kier molecular flexibility index (Phi) is 5.02. The third-order valence-electron chi connectivity index (χ3n) is 3.73. The van der Waals surface area contributed by atoms with Crippen LogP contribution >= 0.6 is 11.3 Å². The van der Waals surface area contributed by atoms with Crippen LogP contribution in [0.1, 0.15) is 12.8 Å². The van der Waals surface area contributed by atoms with Gasteiger partial charge in [-0.05, 0) is 37.1 Å². The fourth-order valence-electron chi connectivity index (χ4n) is 2.63. The molecule has 1 fully saturated rings. The van der Waals surface area contributed by atoms with E-state index in [2.05, 4.69) is 9.88 Å². The Morgan fingerprint density at radius 1 is 1.36 bits per heavy atom. The summed E-state index contributed by atoms with van der Waals surface area (Å²) in [5.41, 5.74) is 1.80. The summed E-state index contributed by atoms with van der Waals surface area (Å²) < 4.78 is 18.6. The van der Waals surface area contributed by atoms with Crippen LogP contribution in [-0.4, -0.2) is 42.5 Å². The van der Waals surface area contributed by atoms with E-state index in [0.29, 0.717) is 6.61 Å². The number of anilines is 1. The van der Waals surface area contributed by atoms with E-state index in [-0.39, 0.29) is 18.5 Å². The van der Waals surface area contributed by atoms with Crippen LogP contribution in [0.3, 0.4) is 0 Å². The van der Waals surface area contributed by atoms with Gasteiger partial charge in [0.1, 0.15) is 5.82 Å². The molecule has 0 radical (unpaired) electrons. The number of rotatable bonds is 5. The van der Waals surface area contributed by atoms with Crippen LogP contribution in [0.25, 0.3) is 11.3 Å². The highest BCUT2D eigenvalue weighted by molar-refractivity contribution is 7.14. The van der Waals surface area contributed by atoms with Crippen molar-refractivity contribution in [1.29, 1.82) is 0 Å². The molecule has 3 rings (SSSR count). The zero-order chi connectivity index (χ0) is 15.4. The summed E-state index contributed by atoms with van der Waals surface area (Å²) in [7, 11) is 0. The van der Waals surface area contributed by atoms with Crippen molar-refractivity contribution in [2.24, 2.45) is 0 Å². The standard InChI is InChI=1S/C16H19FN2O2S/c17-13-5-3-12(4-6-13)15-11-22-16(18-15)19-7-1-2-14(10-19)21-9-8-20/h3-6,11,14,20H,1-2,7-10H2. The Morgan fingerprint density at radius 2 is 2.18 bits per heavy atom. The number of hydrogen-bond donors (Lipinski definition) is 1. The van der Waals surface area contributed by atoms with Gasteiger partial charge in [-0.3, -0.25) is 0 Å². The highest BCUT2D eigenvalue weighted by Gasteiger charge is 2.22. The maximum atomic E-state index is 13.0. The minimum Gasteiger partial charge on any atom is -0.394 e. The number of thiazole rings is 1. The number of halogens is 1. The second-order valence-electron chi connectivity index (χ2n) is 5.33. The molecule has 1 atom stereocenters. The van der Waals surface area contributed by atoms with E-state index in [0.717, 1.165) is 42.3 Å². The molecule has 2 aromatic rings. The van der Waals surface area contributed by atoms with Crippen LogP contribution < -0.4 is 4.90 Å². The second-order valence-corrected chi connectivity index (χ2v) is 6.16. The molecule has 2 heterocycles. The van der Waals surface area contributed by atoms with Crippen molar-refractivity contribution in [3.8, 4) is 11.3 Å². The minimum absolute atomic E-state index is 0.0580. The van der Waals surface area contributed by atoms with E-state index in [4.69, 9.17) is 9.84 Å². The molecule has 0 amide bonds. The summed E-state index contributed by atoms with van der Waals surface area (Å²) in [5.74, 6) is -0.237. The second kappa shape index (κ2) is 7.17. The first-order valence-electron chi connectivity index (χ1n) is 7.45. The predicted molar refractivity (Wildman–Crippen MR) is 85.8 cm³/mol. The summed E-state index contributed by atoms with van der Waals surface area (Å²) in [5, 5.41) is 11.8. The number of hydrogen-bond acceptors (Lipinski definition) is 5. The molecule has 1 aliphatic rings. The van der Waals surface area contributed by atoms with Gasteiger partial charge in [0, 0.05) is 24.0 Å². The Labute approximate surface area is 133 Å². The molecule has 0 saturated carbocycles. The molecule has 1 aromatic carbocycles. The Bertz CT molecular complexity index is 602. The molecule has 6 heteroatoms. The topological polar surface area (TPSA) is 45.6 Å². The van der Waals surface area contributed by atoms with Gasteiger partial charge in [-0.15, -0.1) is 11.3 Å². The van der Waals surface area contributed by atoms with Gasteiger partial charge in [0.2, 0.25) is 0 Å². The number of ether oxygens (including phenoxy) is 1. The van der Waals surface area contributed by atoms with Gasteiger partial charge in [-0.25, -0.2) is 9.37 Å². The highest BCUT2D eigenvalue weighted by Crippen LogP contribution is 2.29. The van der Waals surface area contributed by atoms with Gasteiger partial charge in [-0.1, -0.05) is 0 Å². The Hall–Kier alpha value is -1.50. The fraction of sp³-hybridized carbons (Fsp3) is 0.438. The fourth-order valence-corrected chi connectivity index (χ4v) is 3.50. The summed E-state index contributed by atoms with van der Waals surface area (Å²) in [6.45, 7) is 2.21. The first kappa shape index (κ1) is 15.4. The van der Waals surface area contributed by atoms with Crippen molar-refractivity contribution >= 4 is 16.5 Å². The lowest BCUT2D eigenvalue weighted by atomic mass is 10.1. The molecule has 1 aromatic heterocycles. The maximum Gasteiger partial charge on any atom is 0.185 e. The highest BCUT2D eigenvalue weighted by atomic mass is 32.1. The first-order valence-corrected chi connectivity index (χ1v) is 8.33. The van der Waals surface area contributed by atoms with Crippen molar-refractivity contribution in [3.05, 3.63) is 35.5 Å². The number of aliphatic hydroxyl groups excluding tert-OH is 1. The van der Waals surface area contributed by atoms with E-state index in [1.165, 1.54) is 12.1 Å². The van der Waals surface area contributed by atoms with E-state index in [1.54, 1.807) is 23.5 Å². The van der Waals surface area contributed by atoms with Crippen molar-refractivity contribution in [1.82, 2.24) is 4.98 Å². The number of benzene rings is 1. The van der Waals surface area contributed by atoms with Crippen LogP contribution in [0.15, 0.2) is 29.6 Å². The molecule has 4 nitrogen and oxygen atoms in total. The molecule has 1 saturated heterocycles. The lowest BCUT2D eigenvalue weighted by Gasteiger charge is -2.32. The van der Waals surface area contributed by atoms with Crippen molar-refractivity contribution in [3.63, 3.8) is 0 Å².